The van der Waals surface area contributed by atoms with Crippen molar-refractivity contribution in [2.75, 3.05) is 5.32 Å². The van der Waals surface area contributed by atoms with Crippen LogP contribution < -0.4 is 5.32 Å². The van der Waals surface area contributed by atoms with E-state index in [4.69, 9.17) is 23.2 Å². The van der Waals surface area contributed by atoms with Crippen molar-refractivity contribution in [1.29, 1.82) is 0 Å². The highest BCUT2D eigenvalue weighted by Gasteiger charge is 2.07. The van der Waals surface area contributed by atoms with Crippen molar-refractivity contribution < 1.29 is 0 Å². The molecule has 2 N–H and O–H groups in total. The Balaban J connectivity index is 2.15. The molecule has 0 spiro atoms. The zero-order valence-electron chi connectivity index (χ0n) is 9.64. The number of nitrogens with zero attached hydrogens (tertiary/aromatic N) is 1. The SMILES string of the molecule is Cc1n[nH]c(C)c1CNc1cc(Cl)ccc1Cl. The highest BCUT2D eigenvalue weighted by Crippen LogP contribution is 2.26. The first-order chi connectivity index (χ1) is 8.08. The molecule has 0 aliphatic rings. The predicted octanol–water partition coefficient (Wildman–Crippen LogP) is 3.95. The van der Waals surface area contributed by atoms with Gasteiger partial charge in [-0.1, -0.05) is 23.2 Å². The summed E-state index contributed by atoms with van der Waals surface area (Å²) < 4.78 is 0. The molecule has 0 bridgehead atoms. The van der Waals surface area contributed by atoms with Crippen LogP contribution in [0.5, 0.6) is 0 Å². The second kappa shape index (κ2) is 4.98. The fraction of sp³-hybridized carbons (Fsp3) is 0.250. The minimum absolute atomic E-state index is 0.660. The second-order valence-electron chi connectivity index (χ2n) is 3.89. The summed E-state index contributed by atoms with van der Waals surface area (Å²) in [5.74, 6) is 0. The highest BCUT2D eigenvalue weighted by molar-refractivity contribution is 6.35. The van der Waals surface area contributed by atoms with Gasteiger partial charge in [-0.2, -0.15) is 5.10 Å². The quantitative estimate of drug-likeness (QED) is 0.886. The Kier molecular flexibility index (Phi) is 3.60. The highest BCUT2D eigenvalue weighted by atomic mass is 35.5. The lowest BCUT2D eigenvalue weighted by molar-refractivity contribution is 1.02. The van der Waals surface area contributed by atoms with Crippen molar-refractivity contribution in [3.63, 3.8) is 0 Å². The van der Waals surface area contributed by atoms with Crippen molar-refractivity contribution in [1.82, 2.24) is 10.2 Å². The molecule has 0 atom stereocenters. The molecule has 0 aliphatic carbocycles. The van der Waals surface area contributed by atoms with Gasteiger partial charge in [0.15, 0.2) is 0 Å². The molecule has 2 aromatic rings. The lowest BCUT2D eigenvalue weighted by atomic mass is 10.2. The number of aryl methyl sites for hydroxylation is 2. The Morgan fingerprint density at radius 3 is 2.71 bits per heavy atom. The maximum Gasteiger partial charge on any atom is 0.0643 e. The first-order valence-corrected chi connectivity index (χ1v) is 6.03. The van der Waals surface area contributed by atoms with Crippen LogP contribution in [0.3, 0.4) is 0 Å². The summed E-state index contributed by atoms with van der Waals surface area (Å²) >= 11 is 12.0. The Morgan fingerprint density at radius 1 is 1.29 bits per heavy atom. The van der Waals surface area contributed by atoms with E-state index in [1.165, 1.54) is 0 Å². The number of aromatic amines is 1. The summed E-state index contributed by atoms with van der Waals surface area (Å²) in [5, 5.41) is 11.7. The summed E-state index contributed by atoms with van der Waals surface area (Å²) in [5.41, 5.74) is 4.04. The number of rotatable bonds is 3. The van der Waals surface area contributed by atoms with E-state index in [1.807, 2.05) is 19.9 Å². The van der Waals surface area contributed by atoms with Crippen molar-refractivity contribution >= 4 is 28.9 Å². The third kappa shape index (κ3) is 2.73. The van der Waals surface area contributed by atoms with Gasteiger partial charge >= 0.3 is 0 Å². The van der Waals surface area contributed by atoms with E-state index in [0.29, 0.717) is 16.6 Å². The molecule has 17 heavy (non-hydrogen) atoms. The average Bonchev–Trinajstić information content (AvgIpc) is 2.61. The van der Waals surface area contributed by atoms with Crippen molar-refractivity contribution in [3.05, 3.63) is 45.2 Å². The van der Waals surface area contributed by atoms with Gasteiger partial charge in [0.25, 0.3) is 0 Å². The minimum atomic E-state index is 0.660. The third-order valence-corrected chi connectivity index (χ3v) is 3.23. The molecule has 1 heterocycles. The molecule has 0 aliphatic heterocycles. The normalized spacial score (nSPS) is 10.6. The number of hydrogen-bond acceptors (Lipinski definition) is 2. The molecule has 0 radical (unpaired) electrons. The van der Waals surface area contributed by atoms with Gasteiger partial charge in [-0.3, -0.25) is 5.10 Å². The lowest BCUT2D eigenvalue weighted by Crippen LogP contribution is -2.02. The largest absolute Gasteiger partial charge is 0.380 e. The lowest BCUT2D eigenvalue weighted by Gasteiger charge is -2.09. The average molecular weight is 270 g/mol. The molecule has 90 valence electrons. The Labute approximate surface area is 110 Å². The maximum absolute atomic E-state index is 6.07. The van der Waals surface area contributed by atoms with Gasteiger partial charge in [0, 0.05) is 22.8 Å². The molecule has 2 rings (SSSR count). The number of anilines is 1. The molecule has 0 saturated heterocycles. The third-order valence-electron chi connectivity index (χ3n) is 2.66. The van der Waals surface area contributed by atoms with Crippen molar-refractivity contribution in [2.24, 2.45) is 0 Å². The fourth-order valence-electron chi connectivity index (χ4n) is 1.65. The summed E-state index contributed by atoms with van der Waals surface area (Å²) in [6.07, 6.45) is 0. The second-order valence-corrected chi connectivity index (χ2v) is 4.73. The summed E-state index contributed by atoms with van der Waals surface area (Å²) in [4.78, 5) is 0. The number of benzene rings is 1. The van der Waals surface area contributed by atoms with E-state index in [0.717, 1.165) is 22.6 Å². The molecule has 0 amide bonds. The van der Waals surface area contributed by atoms with Crippen LogP contribution in [0.4, 0.5) is 5.69 Å². The van der Waals surface area contributed by atoms with E-state index >= 15 is 0 Å². The van der Waals surface area contributed by atoms with Gasteiger partial charge in [-0.15, -0.1) is 0 Å². The van der Waals surface area contributed by atoms with E-state index in [1.54, 1.807) is 12.1 Å². The molecule has 1 aromatic heterocycles. The minimum Gasteiger partial charge on any atom is -0.380 e. The topological polar surface area (TPSA) is 40.7 Å². The molecule has 3 nitrogen and oxygen atoms in total. The van der Waals surface area contributed by atoms with Crippen molar-refractivity contribution in [2.45, 2.75) is 20.4 Å². The molecular weight excluding hydrogens is 257 g/mol. The number of halogens is 2. The molecule has 5 heteroatoms. The molecule has 0 fully saturated rings. The number of H-pyrrole nitrogens is 1. The summed E-state index contributed by atoms with van der Waals surface area (Å²) in [6.45, 7) is 4.64. The van der Waals surface area contributed by atoms with Gasteiger partial charge in [0.05, 0.1) is 16.4 Å². The first-order valence-electron chi connectivity index (χ1n) is 5.27. The molecule has 0 unspecified atom stereocenters. The van der Waals surface area contributed by atoms with Crippen molar-refractivity contribution in [3.8, 4) is 0 Å². The van der Waals surface area contributed by atoms with E-state index in [2.05, 4.69) is 15.5 Å². The Hall–Kier alpha value is -1.19. The maximum atomic E-state index is 6.07. The Bertz CT molecular complexity index is 515. The van der Waals surface area contributed by atoms with E-state index in [-0.39, 0.29) is 0 Å². The Morgan fingerprint density at radius 2 is 2.06 bits per heavy atom. The number of hydrogen-bond donors (Lipinski definition) is 2. The molecular formula is C12H13Cl2N3. The fourth-order valence-corrected chi connectivity index (χ4v) is 2.01. The first kappa shape index (κ1) is 12.3. The van der Waals surface area contributed by atoms with Crippen LogP contribution in [0.15, 0.2) is 18.2 Å². The summed E-state index contributed by atoms with van der Waals surface area (Å²) in [7, 11) is 0. The van der Waals surface area contributed by atoms with Gasteiger partial charge in [-0.25, -0.2) is 0 Å². The monoisotopic (exact) mass is 269 g/mol. The van der Waals surface area contributed by atoms with Crippen LogP contribution in [-0.4, -0.2) is 10.2 Å². The van der Waals surface area contributed by atoms with Crippen LogP contribution in [-0.2, 0) is 6.54 Å². The van der Waals surface area contributed by atoms with Gasteiger partial charge in [0.2, 0.25) is 0 Å². The number of aromatic nitrogens is 2. The summed E-state index contributed by atoms with van der Waals surface area (Å²) in [6, 6.07) is 5.36. The van der Waals surface area contributed by atoms with Crippen LogP contribution in [0, 0.1) is 13.8 Å². The van der Waals surface area contributed by atoms with Gasteiger partial charge in [-0.05, 0) is 32.0 Å². The van der Waals surface area contributed by atoms with Crippen LogP contribution in [0.25, 0.3) is 0 Å². The zero-order valence-corrected chi connectivity index (χ0v) is 11.2. The predicted molar refractivity (Wildman–Crippen MR) is 71.9 cm³/mol. The van der Waals surface area contributed by atoms with Crippen LogP contribution in [0.2, 0.25) is 10.0 Å². The zero-order chi connectivity index (χ0) is 12.4. The van der Waals surface area contributed by atoms with Crippen LogP contribution >= 0.6 is 23.2 Å². The van der Waals surface area contributed by atoms with Gasteiger partial charge in [0.1, 0.15) is 0 Å². The van der Waals surface area contributed by atoms with E-state index in [9.17, 15) is 0 Å². The molecule has 1 aromatic carbocycles. The van der Waals surface area contributed by atoms with Crippen LogP contribution in [0.1, 0.15) is 17.0 Å². The molecule has 0 saturated carbocycles. The number of nitrogens with one attached hydrogen (secondary N) is 2. The standard InChI is InChI=1S/C12H13Cl2N3/c1-7-10(8(2)17-16-7)6-15-12-5-9(13)3-4-11(12)14/h3-5,15H,6H2,1-2H3,(H,16,17). The van der Waals surface area contributed by atoms with Gasteiger partial charge < -0.3 is 5.32 Å². The van der Waals surface area contributed by atoms with E-state index < -0.39 is 0 Å². The smallest absolute Gasteiger partial charge is 0.0643 e.